The Labute approximate surface area is 106 Å². The molecule has 98 valence electrons. The molecule has 0 saturated carbocycles. The minimum absolute atomic E-state index is 0.0466. The minimum Gasteiger partial charge on any atom is -0.367 e. The number of ketones is 2. The van der Waals surface area contributed by atoms with Crippen LogP contribution in [0.4, 0.5) is 0 Å². The second-order valence-corrected chi connectivity index (χ2v) is 6.98. The molecule has 1 atom stereocenters. The van der Waals surface area contributed by atoms with E-state index in [-0.39, 0.29) is 34.8 Å². The maximum Gasteiger partial charge on any atom is 0.202 e. The molecule has 0 spiro atoms. The van der Waals surface area contributed by atoms with Crippen LogP contribution in [0.3, 0.4) is 0 Å². The van der Waals surface area contributed by atoms with Crippen molar-refractivity contribution >= 4 is 21.4 Å². The van der Waals surface area contributed by atoms with E-state index in [1.54, 1.807) is 18.9 Å². The summed E-state index contributed by atoms with van der Waals surface area (Å²) < 4.78 is 22.8. The molecule has 0 unspecified atom stereocenters. The van der Waals surface area contributed by atoms with Crippen LogP contribution in [0.5, 0.6) is 0 Å². The third-order valence-corrected chi connectivity index (χ3v) is 5.14. The minimum atomic E-state index is -3.00. The lowest BCUT2D eigenvalue weighted by molar-refractivity contribution is -0.116. The van der Waals surface area contributed by atoms with Gasteiger partial charge in [-0.1, -0.05) is 0 Å². The Hall–Kier alpha value is -1.43. The van der Waals surface area contributed by atoms with Crippen LogP contribution in [0.15, 0.2) is 23.4 Å². The number of nitrogens with zero attached hydrogens (tertiary/aromatic N) is 1. The Morgan fingerprint density at radius 2 is 1.89 bits per heavy atom. The Morgan fingerprint density at radius 1 is 1.22 bits per heavy atom. The molecule has 1 saturated heterocycles. The molecule has 0 aromatic rings. The third kappa shape index (κ3) is 2.38. The standard InChI is InChI=1S/C12H15NO4S/c1-8-5-12(15)10(6-11(8)14)13(2)9-3-4-18(16,17)7-9/h5-6,9H,3-4,7H2,1-2H3/t9-/m1/s1. The van der Waals surface area contributed by atoms with Crippen molar-refractivity contribution in [2.75, 3.05) is 18.6 Å². The van der Waals surface area contributed by atoms with Crippen molar-refractivity contribution in [1.29, 1.82) is 0 Å². The molecular weight excluding hydrogens is 254 g/mol. The molecule has 1 fully saturated rings. The molecule has 6 heteroatoms. The van der Waals surface area contributed by atoms with Crippen LogP contribution in [-0.4, -0.2) is 49.5 Å². The van der Waals surface area contributed by atoms with E-state index in [1.807, 2.05) is 0 Å². The number of allylic oxidation sites excluding steroid dienone is 3. The zero-order chi connectivity index (χ0) is 13.5. The maximum atomic E-state index is 11.8. The molecule has 2 rings (SSSR count). The van der Waals surface area contributed by atoms with Crippen LogP contribution in [0.2, 0.25) is 0 Å². The van der Waals surface area contributed by atoms with Crippen molar-refractivity contribution in [1.82, 2.24) is 4.90 Å². The predicted octanol–water partition coefficient (Wildman–Crippen LogP) is 0.0873. The summed E-state index contributed by atoms with van der Waals surface area (Å²) in [7, 11) is -1.34. The van der Waals surface area contributed by atoms with Crippen molar-refractivity contribution in [2.24, 2.45) is 0 Å². The smallest absolute Gasteiger partial charge is 0.202 e. The van der Waals surface area contributed by atoms with E-state index in [1.165, 1.54) is 12.2 Å². The highest BCUT2D eigenvalue weighted by Crippen LogP contribution is 2.22. The molecule has 2 aliphatic rings. The number of sulfone groups is 1. The summed E-state index contributed by atoms with van der Waals surface area (Å²) in [5.74, 6) is -0.242. The maximum absolute atomic E-state index is 11.8. The van der Waals surface area contributed by atoms with Gasteiger partial charge in [-0.25, -0.2) is 8.42 Å². The average Bonchev–Trinajstić information content (AvgIpc) is 2.63. The molecule has 0 radical (unpaired) electrons. The fourth-order valence-corrected chi connectivity index (χ4v) is 3.98. The number of carbonyl (C=O) groups excluding carboxylic acids is 2. The second-order valence-electron chi connectivity index (χ2n) is 4.75. The monoisotopic (exact) mass is 269 g/mol. The van der Waals surface area contributed by atoms with Crippen LogP contribution < -0.4 is 0 Å². The fraction of sp³-hybridized carbons (Fsp3) is 0.500. The van der Waals surface area contributed by atoms with E-state index in [0.717, 1.165) is 0 Å². The highest BCUT2D eigenvalue weighted by atomic mass is 32.2. The Balaban J connectivity index is 2.21. The zero-order valence-corrected chi connectivity index (χ0v) is 11.2. The van der Waals surface area contributed by atoms with Gasteiger partial charge >= 0.3 is 0 Å². The van der Waals surface area contributed by atoms with Gasteiger partial charge in [0.25, 0.3) is 0 Å². The van der Waals surface area contributed by atoms with Gasteiger partial charge in [0.1, 0.15) is 0 Å². The molecule has 0 N–H and O–H groups in total. The van der Waals surface area contributed by atoms with Crippen LogP contribution >= 0.6 is 0 Å². The SMILES string of the molecule is CC1=CC(=O)C(N(C)[C@@H]2CCS(=O)(=O)C2)=CC1=O. The van der Waals surface area contributed by atoms with E-state index >= 15 is 0 Å². The van der Waals surface area contributed by atoms with Crippen molar-refractivity contribution in [3.8, 4) is 0 Å². The van der Waals surface area contributed by atoms with Gasteiger partial charge in [-0.05, 0) is 19.4 Å². The fourth-order valence-electron chi connectivity index (χ4n) is 2.20. The van der Waals surface area contributed by atoms with Gasteiger partial charge < -0.3 is 4.90 Å². The summed E-state index contributed by atoms with van der Waals surface area (Å²) in [4.78, 5) is 25.0. The number of carbonyl (C=O) groups is 2. The van der Waals surface area contributed by atoms with E-state index < -0.39 is 9.84 Å². The number of likely N-dealkylation sites (N-methyl/N-ethyl adjacent to an activating group) is 1. The predicted molar refractivity (Wildman–Crippen MR) is 66.7 cm³/mol. The van der Waals surface area contributed by atoms with Crippen molar-refractivity contribution < 1.29 is 18.0 Å². The summed E-state index contributed by atoms with van der Waals surface area (Å²) in [5, 5.41) is 0. The molecule has 0 amide bonds. The molecule has 1 heterocycles. The van der Waals surface area contributed by atoms with E-state index in [0.29, 0.717) is 12.0 Å². The number of hydrogen-bond donors (Lipinski definition) is 0. The summed E-state index contributed by atoms with van der Waals surface area (Å²) in [6.07, 6.45) is 3.10. The molecule has 5 nitrogen and oxygen atoms in total. The summed E-state index contributed by atoms with van der Waals surface area (Å²) in [6.45, 7) is 1.59. The molecule has 0 aromatic heterocycles. The highest BCUT2D eigenvalue weighted by Gasteiger charge is 2.33. The first-order valence-corrected chi connectivity index (χ1v) is 7.54. The molecular formula is C12H15NO4S. The second kappa shape index (κ2) is 4.35. The van der Waals surface area contributed by atoms with Gasteiger partial charge in [-0.3, -0.25) is 9.59 Å². The third-order valence-electron chi connectivity index (χ3n) is 3.39. The van der Waals surface area contributed by atoms with Gasteiger partial charge in [0.05, 0.1) is 17.2 Å². The van der Waals surface area contributed by atoms with Gasteiger partial charge in [0.15, 0.2) is 15.6 Å². The first-order chi connectivity index (χ1) is 8.30. The molecule has 18 heavy (non-hydrogen) atoms. The average molecular weight is 269 g/mol. The molecule has 0 aromatic carbocycles. The summed E-state index contributed by atoms with van der Waals surface area (Å²) >= 11 is 0. The van der Waals surface area contributed by atoms with Crippen LogP contribution in [0.1, 0.15) is 13.3 Å². The number of hydrogen-bond acceptors (Lipinski definition) is 5. The van der Waals surface area contributed by atoms with Gasteiger partial charge in [0.2, 0.25) is 5.78 Å². The van der Waals surface area contributed by atoms with Crippen molar-refractivity contribution in [2.45, 2.75) is 19.4 Å². The van der Waals surface area contributed by atoms with E-state index in [2.05, 4.69) is 0 Å². The summed E-state index contributed by atoms with van der Waals surface area (Å²) in [5.41, 5.74) is 0.698. The molecule has 1 aliphatic carbocycles. The first-order valence-electron chi connectivity index (χ1n) is 5.72. The van der Waals surface area contributed by atoms with Crippen molar-refractivity contribution in [3.05, 3.63) is 23.4 Å². The summed E-state index contributed by atoms with van der Waals surface area (Å²) in [6, 6.07) is -0.218. The van der Waals surface area contributed by atoms with Crippen LogP contribution in [-0.2, 0) is 19.4 Å². The van der Waals surface area contributed by atoms with Crippen LogP contribution in [0, 0.1) is 0 Å². The zero-order valence-electron chi connectivity index (χ0n) is 10.3. The van der Waals surface area contributed by atoms with Crippen molar-refractivity contribution in [3.63, 3.8) is 0 Å². The van der Waals surface area contributed by atoms with Gasteiger partial charge in [-0.2, -0.15) is 0 Å². The number of rotatable bonds is 2. The largest absolute Gasteiger partial charge is 0.367 e. The normalized spacial score (nSPS) is 26.9. The Bertz CT molecular complexity index is 571. The topological polar surface area (TPSA) is 71.5 Å². The van der Waals surface area contributed by atoms with E-state index in [9.17, 15) is 18.0 Å². The highest BCUT2D eigenvalue weighted by molar-refractivity contribution is 7.91. The lowest BCUT2D eigenvalue weighted by Crippen LogP contribution is -2.36. The van der Waals surface area contributed by atoms with Gasteiger partial charge in [0, 0.05) is 24.7 Å². The Kier molecular flexibility index (Phi) is 3.14. The quantitative estimate of drug-likeness (QED) is 0.664. The lowest BCUT2D eigenvalue weighted by atomic mass is 10.0. The van der Waals surface area contributed by atoms with E-state index in [4.69, 9.17) is 0 Å². The Morgan fingerprint density at radius 3 is 2.44 bits per heavy atom. The van der Waals surface area contributed by atoms with Gasteiger partial charge in [-0.15, -0.1) is 0 Å². The lowest BCUT2D eigenvalue weighted by Gasteiger charge is -2.28. The molecule has 1 aliphatic heterocycles. The van der Waals surface area contributed by atoms with Crippen LogP contribution in [0.25, 0.3) is 0 Å². The molecule has 0 bridgehead atoms. The first kappa shape index (κ1) is 13.0.